The molecule has 17 heteroatoms. The van der Waals surface area contributed by atoms with Crippen molar-refractivity contribution in [2.75, 3.05) is 0 Å². The molecule has 0 saturated carbocycles. The summed E-state index contributed by atoms with van der Waals surface area (Å²) in [5, 5.41) is 0. The van der Waals surface area contributed by atoms with Crippen LogP contribution >= 0.6 is 0 Å². The summed E-state index contributed by atoms with van der Waals surface area (Å²) in [5.74, 6) is 0. The molecule has 0 aromatic rings. The van der Waals surface area contributed by atoms with Crippen LogP contribution in [0.2, 0.25) is 0 Å². The second-order valence-corrected chi connectivity index (χ2v) is 4.68. The number of hydrogen-bond acceptors (Lipinski definition) is 12. The maximum absolute atomic E-state index is 8.58. The average molecular weight is 637 g/mol. The summed E-state index contributed by atoms with van der Waals surface area (Å²) in [5.41, 5.74) is 0. The molecule has 0 aromatic heterocycles. The molecule has 0 aromatic carbocycles. The van der Waals surface area contributed by atoms with Crippen molar-refractivity contribution < 1.29 is 172 Å². The summed E-state index contributed by atoms with van der Waals surface area (Å²) < 4.78 is 103. The van der Waals surface area contributed by atoms with Crippen LogP contribution in [0.5, 0.6) is 0 Å². The summed E-state index contributed by atoms with van der Waals surface area (Å²) in [6, 6.07) is 0. The fourth-order valence-electron chi connectivity index (χ4n) is 0. The number of hydrogen-bond donors (Lipinski definition) is 0. The first-order valence-corrected chi connectivity index (χ1v) is 7.63. The third-order valence-electron chi connectivity index (χ3n) is 0. The molecule has 0 amide bonds. The summed E-state index contributed by atoms with van der Waals surface area (Å²) in [7, 11) is 0. The van der Waals surface area contributed by atoms with Crippen LogP contribution in [0, 0.1) is 83.5 Å². The topological polar surface area (TPSA) is 241 Å². The van der Waals surface area contributed by atoms with Gasteiger partial charge in [-0.05, 0) is 0 Å². The molecule has 0 fully saturated rings. The third kappa shape index (κ3) is 651. The van der Waals surface area contributed by atoms with Crippen LogP contribution in [-0.4, -0.2) is 0 Å². The van der Waals surface area contributed by atoms with Crippen molar-refractivity contribution in [2.24, 2.45) is 0 Å². The Balaban J connectivity index is -0.0000000400. The Kier molecular flexibility index (Phi) is 26.0. The van der Waals surface area contributed by atoms with Gasteiger partial charge in [0, 0.05) is 0 Å². The molecule has 0 spiro atoms. The molecule has 2 radical (unpaired) electrons. The molecular weight excluding hydrogens is 637 g/mol. The molecule has 0 heterocycles. The zero-order chi connectivity index (χ0) is 13.5. The summed E-state index contributed by atoms with van der Waals surface area (Å²) in [6.07, 6.45) is 0. The molecule has 17 heavy (non-hydrogen) atoms. The van der Waals surface area contributed by atoms with Crippen molar-refractivity contribution in [3.63, 3.8) is 0 Å². The fourth-order valence-corrected chi connectivity index (χ4v) is 0. The van der Waals surface area contributed by atoms with Gasteiger partial charge in [-0.3, -0.25) is 0 Å². The van der Waals surface area contributed by atoms with Gasteiger partial charge in [0.25, 0.3) is 0 Å². The molecule has 0 aliphatic heterocycles. The second kappa shape index (κ2) is 13.8. The van der Waals surface area contributed by atoms with E-state index in [2.05, 4.69) is 0 Å². The molecular formula is Ce2Mn3O12. The number of rotatable bonds is 0. The Morgan fingerprint density at radius 2 is 0.412 bits per heavy atom. The summed E-state index contributed by atoms with van der Waals surface area (Å²) >= 11 is -16.9. The molecule has 0 aliphatic carbocycles. The predicted molar refractivity (Wildman–Crippen MR) is 4.12 cm³/mol. The van der Waals surface area contributed by atoms with E-state index in [1.807, 2.05) is 0 Å². The standard InChI is InChI=1S/2Ce.3Mn.12O/q2*+3;;;;;;;;;;6*-1. The van der Waals surface area contributed by atoms with E-state index in [0.717, 1.165) is 0 Å². The molecule has 12 nitrogen and oxygen atoms in total. The van der Waals surface area contributed by atoms with E-state index in [0.29, 0.717) is 0 Å². The molecule has 0 rings (SSSR count). The second-order valence-electron chi connectivity index (χ2n) is 1.13. The van der Waals surface area contributed by atoms with Crippen LogP contribution in [0.3, 0.4) is 0 Å². The Bertz CT molecular complexity index is 341. The van der Waals surface area contributed by atoms with Crippen LogP contribution in [-0.2, 0) is 63.1 Å². The average Bonchev–Trinajstić information content (AvgIpc) is 1.41. The van der Waals surface area contributed by atoms with Crippen LogP contribution in [0.25, 0.3) is 0 Å². The minimum atomic E-state index is -5.62. The van der Waals surface area contributed by atoms with Gasteiger partial charge < -0.3 is 0 Å². The molecule has 0 bridgehead atoms. The van der Waals surface area contributed by atoms with Gasteiger partial charge in [0.2, 0.25) is 0 Å². The van der Waals surface area contributed by atoms with Gasteiger partial charge >= 0.3 is 172 Å². The van der Waals surface area contributed by atoms with Gasteiger partial charge in [-0.2, -0.15) is 0 Å². The zero-order valence-corrected chi connectivity index (χ0v) is 16.9. The SMILES string of the molecule is [Ce+3].[Ce+3].[O]=[Mn](=[O])([O-])[O-].[O]=[Mn](=[O])([O-])[O-].[O]=[Mn](=[O])([O-])[O-]. The Hall–Kier alpha value is 2.87. The Morgan fingerprint density at radius 3 is 0.412 bits per heavy atom. The van der Waals surface area contributed by atoms with E-state index in [4.69, 9.17) is 48.1 Å². The van der Waals surface area contributed by atoms with E-state index in [-0.39, 0.29) is 83.5 Å². The summed E-state index contributed by atoms with van der Waals surface area (Å²) in [6.45, 7) is 0. The van der Waals surface area contributed by atoms with E-state index in [9.17, 15) is 0 Å². The van der Waals surface area contributed by atoms with Crippen LogP contribution in [0.4, 0.5) is 0 Å². The van der Waals surface area contributed by atoms with Gasteiger partial charge in [0.15, 0.2) is 0 Å². The Labute approximate surface area is 168 Å². The fraction of sp³-hybridized carbons (Fsp3) is 0. The van der Waals surface area contributed by atoms with E-state index in [1.165, 1.54) is 0 Å². The first kappa shape index (κ1) is 32.0. The Morgan fingerprint density at radius 1 is 0.412 bits per heavy atom. The summed E-state index contributed by atoms with van der Waals surface area (Å²) in [4.78, 5) is 0. The van der Waals surface area contributed by atoms with Crippen molar-refractivity contribution in [1.82, 2.24) is 0 Å². The normalized spacial score (nSPS) is 10.2. The minimum absolute atomic E-state index is 0. The molecule has 0 unspecified atom stereocenters. The first-order valence-electron chi connectivity index (χ1n) is 1.85. The van der Waals surface area contributed by atoms with Crippen molar-refractivity contribution in [3.8, 4) is 0 Å². The van der Waals surface area contributed by atoms with Crippen molar-refractivity contribution in [3.05, 3.63) is 0 Å². The molecule has 0 atom stereocenters. The quantitative estimate of drug-likeness (QED) is 0.225. The molecule has 0 saturated heterocycles. The van der Waals surface area contributed by atoms with Gasteiger partial charge in [0.05, 0.1) is 0 Å². The maximum atomic E-state index is 8.58. The molecule has 101 valence electrons. The zero-order valence-electron chi connectivity index (χ0n) is 7.03. The van der Waals surface area contributed by atoms with E-state index in [1.54, 1.807) is 0 Å². The molecule has 0 N–H and O–H groups in total. The van der Waals surface area contributed by atoms with Gasteiger partial charge in [-0.1, -0.05) is 0 Å². The first-order chi connectivity index (χ1) is 6.00. The van der Waals surface area contributed by atoms with Gasteiger partial charge in [-0.25, -0.2) is 0 Å². The van der Waals surface area contributed by atoms with E-state index >= 15 is 0 Å². The molecule has 0 aliphatic rings. The predicted octanol–water partition coefficient (Wildman–Crippen LogP) is -7.85. The van der Waals surface area contributed by atoms with Crippen LogP contribution < -0.4 is 25.1 Å². The van der Waals surface area contributed by atoms with Gasteiger partial charge in [-0.15, -0.1) is 0 Å². The van der Waals surface area contributed by atoms with Gasteiger partial charge in [0.1, 0.15) is 0 Å². The van der Waals surface area contributed by atoms with Crippen molar-refractivity contribution >= 4 is 0 Å². The third-order valence-corrected chi connectivity index (χ3v) is 0. The van der Waals surface area contributed by atoms with Crippen molar-refractivity contribution in [1.29, 1.82) is 0 Å². The van der Waals surface area contributed by atoms with Crippen LogP contribution in [0.15, 0.2) is 0 Å². The monoisotopic (exact) mass is 637 g/mol. The van der Waals surface area contributed by atoms with Crippen LogP contribution in [0.1, 0.15) is 0 Å². The van der Waals surface area contributed by atoms with E-state index < -0.39 is 40.1 Å². The van der Waals surface area contributed by atoms with Crippen molar-refractivity contribution in [2.45, 2.75) is 0 Å².